The summed E-state index contributed by atoms with van der Waals surface area (Å²) in [6, 6.07) is 25.7. The van der Waals surface area contributed by atoms with Crippen LogP contribution in [0.1, 0.15) is 18.5 Å². The highest BCUT2D eigenvalue weighted by molar-refractivity contribution is 5.93. The molecule has 0 heterocycles. The molecule has 1 atom stereocenters. The molecule has 3 aromatic rings. The smallest absolute Gasteiger partial charge is 0.0485 e. The van der Waals surface area contributed by atoms with Gasteiger partial charge in [-0.3, -0.25) is 0 Å². The molecule has 19 heavy (non-hydrogen) atoms. The first-order chi connectivity index (χ1) is 9.34. The van der Waals surface area contributed by atoms with Gasteiger partial charge in [0.2, 0.25) is 0 Å². The average Bonchev–Trinajstić information content (AvgIpc) is 2.48. The Morgan fingerprint density at radius 2 is 1.42 bits per heavy atom. The van der Waals surface area contributed by atoms with Crippen LogP contribution in [0.15, 0.2) is 72.8 Å². The van der Waals surface area contributed by atoms with Crippen molar-refractivity contribution >= 4 is 16.5 Å². The zero-order valence-electron chi connectivity index (χ0n) is 11.0. The third-order valence-corrected chi connectivity index (χ3v) is 3.46. The van der Waals surface area contributed by atoms with Crippen molar-refractivity contribution in [2.45, 2.75) is 13.0 Å². The van der Waals surface area contributed by atoms with E-state index in [2.05, 4.69) is 79.0 Å². The Morgan fingerprint density at radius 3 is 2.26 bits per heavy atom. The molecular formula is C18H17N. The lowest BCUT2D eigenvalue weighted by Gasteiger charge is -2.17. The fraction of sp³-hybridized carbons (Fsp3) is 0.111. The van der Waals surface area contributed by atoms with Crippen LogP contribution in [0, 0.1) is 0 Å². The highest BCUT2D eigenvalue weighted by Crippen LogP contribution is 2.26. The number of fused-ring (bicyclic) bond motifs is 1. The Hall–Kier alpha value is -2.28. The SMILES string of the molecule is CC(Nc1cccc2ccccc12)c1ccccc1. The monoisotopic (exact) mass is 247 g/mol. The fourth-order valence-electron chi connectivity index (χ4n) is 2.41. The maximum Gasteiger partial charge on any atom is 0.0485 e. The number of rotatable bonds is 3. The summed E-state index contributed by atoms with van der Waals surface area (Å²) >= 11 is 0. The van der Waals surface area contributed by atoms with E-state index in [9.17, 15) is 0 Å². The molecule has 3 aromatic carbocycles. The molecular weight excluding hydrogens is 230 g/mol. The van der Waals surface area contributed by atoms with Crippen LogP contribution in [0.25, 0.3) is 10.8 Å². The van der Waals surface area contributed by atoms with E-state index in [0.717, 1.165) is 0 Å². The van der Waals surface area contributed by atoms with Crippen molar-refractivity contribution in [3.63, 3.8) is 0 Å². The van der Waals surface area contributed by atoms with E-state index in [1.54, 1.807) is 0 Å². The number of hydrogen-bond acceptors (Lipinski definition) is 1. The Kier molecular flexibility index (Phi) is 3.20. The molecule has 1 nitrogen and oxygen atoms in total. The van der Waals surface area contributed by atoms with E-state index >= 15 is 0 Å². The number of benzene rings is 3. The van der Waals surface area contributed by atoms with Gasteiger partial charge in [-0.2, -0.15) is 0 Å². The Bertz CT molecular complexity index is 668. The molecule has 0 radical (unpaired) electrons. The van der Waals surface area contributed by atoms with Crippen LogP contribution < -0.4 is 5.32 Å². The van der Waals surface area contributed by atoms with Gasteiger partial charge in [-0.25, -0.2) is 0 Å². The molecule has 1 heteroatoms. The Labute approximate surface area is 113 Å². The minimum Gasteiger partial charge on any atom is -0.378 e. The van der Waals surface area contributed by atoms with Gasteiger partial charge >= 0.3 is 0 Å². The molecule has 1 N–H and O–H groups in total. The van der Waals surface area contributed by atoms with Crippen LogP contribution in [0.3, 0.4) is 0 Å². The molecule has 0 aliphatic heterocycles. The van der Waals surface area contributed by atoms with Gasteiger partial charge < -0.3 is 5.32 Å². The molecule has 1 unspecified atom stereocenters. The largest absolute Gasteiger partial charge is 0.378 e. The van der Waals surface area contributed by atoms with E-state index in [0.29, 0.717) is 6.04 Å². The topological polar surface area (TPSA) is 12.0 Å². The predicted molar refractivity (Wildman–Crippen MR) is 82.4 cm³/mol. The van der Waals surface area contributed by atoms with Crippen LogP contribution in [0.2, 0.25) is 0 Å². The van der Waals surface area contributed by atoms with Crippen molar-refractivity contribution in [3.8, 4) is 0 Å². The van der Waals surface area contributed by atoms with Gasteiger partial charge in [0, 0.05) is 17.1 Å². The van der Waals surface area contributed by atoms with Crippen molar-refractivity contribution in [1.29, 1.82) is 0 Å². The molecule has 0 amide bonds. The van der Waals surface area contributed by atoms with Crippen molar-refractivity contribution in [2.24, 2.45) is 0 Å². The summed E-state index contributed by atoms with van der Waals surface area (Å²) in [5.41, 5.74) is 2.49. The van der Waals surface area contributed by atoms with Crippen molar-refractivity contribution in [1.82, 2.24) is 0 Å². The second kappa shape index (κ2) is 5.15. The molecule has 0 aromatic heterocycles. The second-order valence-electron chi connectivity index (χ2n) is 4.80. The maximum absolute atomic E-state index is 3.60. The van der Waals surface area contributed by atoms with Crippen LogP contribution in [0.5, 0.6) is 0 Å². The molecule has 0 bridgehead atoms. The summed E-state index contributed by atoms with van der Waals surface area (Å²) < 4.78 is 0. The van der Waals surface area contributed by atoms with Crippen molar-refractivity contribution in [3.05, 3.63) is 78.4 Å². The molecule has 3 rings (SSSR count). The molecule has 0 saturated heterocycles. The predicted octanol–water partition coefficient (Wildman–Crippen LogP) is 5.01. The van der Waals surface area contributed by atoms with Crippen molar-refractivity contribution < 1.29 is 0 Å². The minimum atomic E-state index is 0.298. The van der Waals surface area contributed by atoms with Crippen molar-refractivity contribution in [2.75, 3.05) is 5.32 Å². The van der Waals surface area contributed by atoms with Gasteiger partial charge in [-0.1, -0.05) is 66.7 Å². The van der Waals surface area contributed by atoms with Crippen LogP contribution in [-0.2, 0) is 0 Å². The van der Waals surface area contributed by atoms with Crippen LogP contribution in [0.4, 0.5) is 5.69 Å². The normalized spacial score (nSPS) is 12.3. The van der Waals surface area contributed by atoms with E-state index in [-0.39, 0.29) is 0 Å². The van der Waals surface area contributed by atoms with Gasteiger partial charge in [-0.15, -0.1) is 0 Å². The van der Waals surface area contributed by atoms with E-state index in [1.807, 2.05) is 6.07 Å². The lowest BCUT2D eigenvalue weighted by Crippen LogP contribution is -2.06. The zero-order valence-corrected chi connectivity index (χ0v) is 11.0. The highest BCUT2D eigenvalue weighted by atomic mass is 14.9. The summed E-state index contributed by atoms with van der Waals surface area (Å²) in [7, 11) is 0. The quantitative estimate of drug-likeness (QED) is 0.685. The highest BCUT2D eigenvalue weighted by Gasteiger charge is 2.06. The van der Waals surface area contributed by atoms with E-state index in [4.69, 9.17) is 0 Å². The van der Waals surface area contributed by atoms with Gasteiger partial charge in [0.15, 0.2) is 0 Å². The summed E-state index contributed by atoms with van der Waals surface area (Å²) in [4.78, 5) is 0. The number of hydrogen-bond donors (Lipinski definition) is 1. The molecule has 94 valence electrons. The lowest BCUT2D eigenvalue weighted by atomic mass is 10.1. The van der Waals surface area contributed by atoms with Gasteiger partial charge in [-0.05, 0) is 23.9 Å². The summed E-state index contributed by atoms with van der Waals surface area (Å²) in [5, 5.41) is 6.14. The lowest BCUT2D eigenvalue weighted by molar-refractivity contribution is 0.887. The zero-order chi connectivity index (χ0) is 13.1. The van der Waals surface area contributed by atoms with E-state index < -0.39 is 0 Å². The first-order valence-corrected chi connectivity index (χ1v) is 6.64. The minimum absolute atomic E-state index is 0.298. The van der Waals surface area contributed by atoms with Gasteiger partial charge in [0.25, 0.3) is 0 Å². The van der Waals surface area contributed by atoms with Crippen LogP contribution >= 0.6 is 0 Å². The number of anilines is 1. The second-order valence-corrected chi connectivity index (χ2v) is 4.80. The summed E-state index contributed by atoms with van der Waals surface area (Å²) in [5.74, 6) is 0. The van der Waals surface area contributed by atoms with Gasteiger partial charge in [0.05, 0.1) is 0 Å². The fourth-order valence-corrected chi connectivity index (χ4v) is 2.41. The third kappa shape index (κ3) is 2.45. The maximum atomic E-state index is 3.60. The Morgan fingerprint density at radius 1 is 0.737 bits per heavy atom. The van der Waals surface area contributed by atoms with Gasteiger partial charge in [0.1, 0.15) is 0 Å². The Balaban J connectivity index is 1.94. The number of nitrogens with one attached hydrogen (secondary N) is 1. The van der Waals surface area contributed by atoms with Crippen LogP contribution in [-0.4, -0.2) is 0 Å². The first kappa shape index (κ1) is 11.8. The van der Waals surface area contributed by atoms with E-state index in [1.165, 1.54) is 22.0 Å². The molecule has 0 aliphatic carbocycles. The molecule has 0 spiro atoms. The standard InChI is InChI=1S/C18H17N/c1-14(15-8-3-2-4-9-15)19-18-13-7-11-16-10-5-6-12-17(16)18/h2-14,19H,1H3. The average molecular weight is 247 g/mol. The summed E-state index contributed by atoms with van der Waals surface area (Å²) in [6.07, 6.45) is 0. The third-order valence-electron chi connectivity index (χ3n) is 3.46. The first-order valence-electron chi connectivity index (χ1n) is 6.64. The summed E-state index contributed by atoms with van der Waals surface area (Å²) in [6.45, 7) is 2.19. The molecule has 0 saturated carbocycles. The molecule has 0 aliphatic rings. The molecule has 0 fully saturated rings.